The monoisotopic (exact) mass is 424 g/mol. The van der Waals surface area contributed by atoms with E-state index in [1.165, 1.54) is 43.3 Å². The van der Waals surface area contributed by atoms with Crippen LogP contribution in [-0.2, 0) is 22.4 Å². The van der Waals surface area contributed by atoms with Crippen LogP contribution in [0.1, 0.15) is 36.8 Å². The largest absolute Gasteiger partial charge is 0.481 e. The summed E-state index contributed by atoms with van der Waals surface area (Å²) in [5.74, 6) is -1.58. The van der Waals surface area contributed by atoms with Gasteiger partial charge in [0.1, 0.15) is 0 Å². The van der Waals surface area contributed by atoms with Crippen LogP contribution in [-0.4, -0.2) is 22.2 Å². The fourth-order valence-corrected chi connectivity index (χ4v) is 5.21. The van der Waals surface area contributed by atoms with Crippen molar-refractivity contribution in [1.82, 2.24) is 0 Å². The van der Waals surface area contributed by atoms with Gasteiger partial charge < -0.3 is 10.2 Å². The van der Waals surface area contributed by atoms with E-state index in [0.29, 0.717) is 25.7 Å². The Bertz CT molecular complexity index is 1480. The number of carboxylic acid groups (broad SMARTS) is 2. The molecule has 160 valence electrons. The molecule has 32 heavy (non-hydrogen) atoms. The average Bonchev–Trinajstić information content (AvgIpc) is 2.77. The van der Waals surface area contributed by atoms with Crippen molar-refractivity contribution < 1.29 is 19.8 Å². The number of aryl methyl sites for hydroxylation is 2. The number of hydrogen-bond acceptors (Lipinski definition) is 2. The van der Waals surface area contributed by atoms with E-state index >= 15 is 0 Å². The zero-order valence-electron chi connectivity index (χ0n) is 17.7. The highest BCUT2D eigenvalue weighted by atomic mass is 16.4. The van der Waals surface area contributed by atoms with Gasteiger partial charge in [-0.3, -0.25) is 9.59 Å². The first-order valence-corrected chi connectivity index (χ1v) is 11.1. The Morgan fingerprint density at radius 1 is 0.625 bits per heavy atom. The second-order valence-electron chi connectivity index (χ2n) is 8.50. The standard InChI is InChI=1S/C28H24O4/c29-24(30)14-4-8-18-16-19-9-3-12-22-21-11-1-6-17-7-2-13-23(26(17)21)28(27(19)22)20(18)10-5-15-25(31)32/h1-3,6-7,9,11-13,16H,4-5,8,10,14-15H2,(H,29,30)(H,31,32). The molecule has 5 rings (SSSR count). The van der Waals surface area contributed by atoms with Gasteiger partial charge in [0.2, 0.25) is 0 Å². The number of fused-ring (bicyclic) bond motifs is 2. The van der Waals surface area contributed by atoms with Gasteiger partial charge in [-0.1, -0.05) is 60.7 Å². The normalized spacial score (nSPS) is 11.8. The molecule has 2 N–H and O–H groups in total. The lowest BCUT2D eigenvalue weighted by molar-refractivity contribution is -0.138. The van der Waals surface area contributed by atoms with Gasteiger partial charge in [0.15, 0.2) is 0 Å². The molecule has 0 saturated carbocycles. The quantitative estimate of drug-likeness (QED) is 0.219. The SMILES string of the molecule is O=C(O)CCCc1cc2cccc3c4cccc5cccc(c(c1CCCC(=O)O)c23)c54. The highest BCUT2D eigenvalue weighted by molar-refractivity contribution is 6.33. The molecule has 4 nitrogen and oxygen atoms in total. The van der Waals surface area contributed by atoms with Crippen LogP contribution in [0.3, 0.4) is 0 Å². The second kappa shape index (κ2) is 8.12. The van der Waals surface area contributed by atoms with Crippen LogP contribution in [0.5, 0.6) is 0 Å². The third-order valence-electron chi connectivity index (χ3n) is 6.48. The summed E-state index contributed by atoms with van der Waals surface area (Å²) in [6, 6.07) is 21.3. The highest BCUT2D eigenvalue weighted by Crippen LogP contribution is 2.43. The maximum absolute atomic E-state index is 11.2. The Hall–Kier alpha value is -3.66. The van der Waals surface area contributed by atoms with Crippen molar-refractivity contribution in [2.45, 2.75) is 38.5 Å². The zero-order chi connectivity index (χ0) is 22.2. The molecule has 0 radical (unpaired) electrons. The van der Waals surface area contributed by atoms with Gasteiger partial charge in [0.25, 0.3) is 0 Å². The second-order valence-corrected chi connectivity index (χ2v) is 8.50. The summed E-state index contributed by atoms with van der Waals surface area (Å²) < 4.78 is 0. The molecular weight excluding hydrogens is 400 g/mol. The molecule has 0 saturated heterocycles. The average molecular weight is 424 g/mol. The third-order valence-corrected chi connectivity index (χ3v) is 6.48. The topological polar surface area (TPSA) is 74.6 Å². The van der Waals surface area contributed by atoms with Crippen LogP contribution in [0, 0.1) is 0 Å². The number of hydrogen-bond donors (Lipinski definition) is 2. The Balaban J connectivity index is 1.84. The van der Waals surface area contributed by atoms with E-state index in [1.807, 2.05) is 0 Å². The molecule has 4 heteroatoms. The van der Waals surface area contributed by atoms with Crippen LogP contribution in [0.25, 0.3) is 43.1 Å². The summed E-state index contributed by atoms with van der Waals surface area (Å²) in [7, 11) is 0. The minimum atomic E-state index is -0.792. The molecule has 0 aromatic heterocycles. The third kappa shape index (κ3) is 3.42. The minimum absolute atomic E-state index is 0.120. The van der Waals surface area contributed by atoms with Crippen LogP contribution in [0.4, 0.5) is 0 Å². The first-order valence-electron chi connectivity index (χ1n) is 11.1. The number of carbonyl (C=O) groups is 2. The Labute approximate surface area is 185 Å². The molecule has 0 atom stereocenters. The smallest absolute Gasteiger partial charge is 0.303 e. The summed E-state index contributed by atoms with van der Waals surface area (Å²) in [6.07, 6.45) is 2.69. The predicted octanol–water partition coefficient (Wildman–Crippen LogP) is 6.55. The molecule has 5 aromatic rings. The molecule has 0 heterocycles. The first kappa shape index (κ1) is 20.3. The summed E-state index contributed by atoms with van der Waals surface area (Å²) in [4.78, 5) is 22.3. The van der Waals surface area contributed by atoms with Gasteiger partial charge >= 0.3 is 11.9 Å². The van der Waals surface area contributed by atoms with Gasteiger partial charge in [-0.05, 0) is 79.9 Å². The number of aliphatic carboxylic acids is 2. The van der Waals surface area contributed by atoms with Crippen molar-refractivity contribution in [2.24, 2.45) is 0 Å². The highest BCUT2D eigenvalue weighted by Gasteiger charge is 2.18. The van der Waals surface area contributed by atoms with E-state index < -0.39 is 11.9 Å². The molecule has 0 spiro atoms. The van der Waals surface area contributed by atoms with Gasteiger partial charge in [0.05, 0.1) is 0 Å². The van der Waals surface area contributed by atoms with Gasteiger partial charge in [-0.25, -0.2) is 0 Å². The molecule has 0 unspecified atom stereocenters. The molecule has 5 aromatic carbocycles. The maximum atomic E-state index is 11.2. The van der Waals surface area contributed by atoms with Gasteiger partial charge in [-0.15, -0.1) is 0 Å². The van der Waals surface area contributed by atoms with Crippen molar-refractivity contribution in [3.05, 3.63) is 71.8 Å². The van der Waals surface area contributed by atoms with Crippen LogP contribution in [0.2, 0.25) is 0 Å². The summed E-state index contributed by atoms with van der Waals surface area (Å²) in [5.41, 5.74) is 2.30. The van der Waals surface area contributed by atoms with Gasteiger partial charge in [-0.2, -0.15) is 0 Å². The Kier molecular flexibility index (Phi) is 5.14. The molecule has 0 bridgehead atoms. The molecule has 0 aliphatic rings. The van der Waals surface area contributed by atoms with Crippen molar-refractivity contribution in [3.8, 4) is 0 Å². The molecule has 0 fully saturated rings. The summed E-state index contributed by atoms with van der Waals surface area (Å²) in [6.45, 7) is 0. The van der Waals surface area contributed by atoms with Crippen molar-refractivity contribution in [3.63, 3.8) is 0 Å². The van der Waals surface area contributed by atoms with E-state index in [-0.39, 0.29) is 12.8 Å². The van der Waals surface area contributed by atoms with E-state index in [9.17, 15) is 14.7 Å². The zero-order valence-corrected chi connectivity index (χ0v) is 17.7. The molecule has 0 amide bonds. The summed E-state index contributed by atoms with van der Waals surface area (Å²) >= 11 is 0. The Morgan fingerprint density at radius 2 is 1.19 bits per heavy atom. The molecule has 0 aliphatic carbocycles. The number of rotatable bonds is 8. The van der Waals surface area contributed by atoms with E-state index in [0.717, 1.165) is 10.9 Å². The van der Waals surface area contributed by atoms with E-state index in [1.54, 1.807) is 0 Å². The van der Waals surface area contributed by atoms with Gasteiger partial charge in [0, 0.05) is 12.8 Å². The van der Waals surface area contributed by atoms with Crippen molar-refractivity contribution in [1.29, 1.82) is 0 Å². The summed E-state index contributed by atoms with van der Waals surface area (Å²) in [5, 5.41) is 27.9. The number of carboxylic acids is 2. The predicted molar refractivity (Wildman–Crippen MR) is 129 cm³/mol. The van der Waals surface area contributed by atoms with E-state index in [2.05, 4.69) is 60.7 Å². The minimum Gasteiger partial charge on any atom is -0.481 e. The van der Waals surface area contributed by atoms with E-state index in [4.69, 9.17) is 5.11 Å². The Morgan fingerprint density at radius 3 is 1.84 bits per heavy atom. The lowest BCUT2D eigenvalue weighted by Crippen LogP contribution is -2.03. The van der Waals surface area contributed by atoms with Crippen LogP contribution >= 0.6 is 0 Å². The lowest BCUT2D eigenvalue weighted by atomic mass is 9.83. The lowest BCUT2D eigenvalue weighted by Gasteiger charge is -2.20. The van der Waals surface area contributed by atoms with Crippen LogP contribution in [0.15, 0.2) is 60.7 Å². The maximum Gasteiger partial charge on any atom is 0.303 e. The number of benzene rings is 5. The first-order chi connectivity index (χ1) is 15.5. The molecular formula is C28H24O4. The molecule has 0 aliphatic heterocycles. The fourth-order valence-electron chi connectivity index (χ4n) is 5.21. The van der Waals surface area contributed by atoms with Crippen LogP contribution < -0.4 is 0 Å². The van der Waals surface area contributed by atoms with Crippen molar-refractivity contribution >= 4 is 55.0 Å². The fraction of sp³-hybridized carbons (Fsp3) is 0.214. The van der Waals surface area contributed by atoms with Crippen molar-refractivity contribution in [2.75, 3.05) is 0 Å².